The number of piperidine rings is 1. The first-order valence-corrected chi connectivity index (χ1v) is 12.2. The summed E-state index contributed by atoms with van der Waals surface area (Å²) in [6, 6.07) is 7.73. The van der Waals surface area contributed by atoms with Crippen molar-refractivity contribution in [1.29, 1.82) is 0 Å². The topological polar surface area (TPSA) is 54.5 Å². The zero-order valence-corrected chi connectivity index (χ0v) is 20.4. The molecule has 2 fully saturated rings. The van der Waals surface area contributed by atoms with Crippen molar-refractivity contribution in [2.45, 2.75) is 50.2 Å². The Bertz CT molecular complexity index is 1090. The van der Waals surface area contributed by atoms with E-state index in [1.54, 1.807) is 25.1 Å². The van der Waals surface area contributed by atoms with E-state index in [2.05, 4.69) is 10.3 Å². The first-order chi connectivity index (χ1) is 17.4. The van der Waals surface area contributed by atoms with E-state index < -0.39 is 30.0 Å². The molecule has 1 atom stereocenters. The molecule has 37 heavy (non-hydrogen) atoms. The predicted molar refractivity (Wildman–Crippen MR) is 125 cm³/mol. The molecule has 0 radical (unpaired) electrons. The summed E-state index contributed by atoms with van der Waals surface area (Å²) < 4.78 is 84.3. The van der Waals surface area contributed by atoms with Gasteiger partial charge in [0.25, 0.3) is 0 Å². The Kier molecular flexibility index (Phi) is 7.85. The minimum atomic E-state index is -5.55. The smallest absolute Gasteiger partial charge is 0.454 e. The SMILES string of the molecule is CC1(C(=O)c2ccc(-c3ccc(OCC4CCN(CC(F)(F)C(F)(F)F)CC4)cn3)cc2F)CCCN1. The number of Topliss-reactive ketones (excluding diaryl/α,β-unsaturated/α-hetero) is 1. The van der Waals surface area contributed by atoms with Gasteiger partial charge in [0.2, 0.25) is 0 Å². The van der Waals surface area contributed by atoms with Gasteiger partial charge in [-0.1, -0.05) is 6.07 Å². The number of alkyl halides is 5. The number of ketones is 1. The molecule has 2 saturated heterocycles. The van der Waals surface area contributed by atoms with Crippen LogP contribution < -0.4 is 10.1 Å². The maximum Gasteiger partial charge on any atom is 0.454 e. The van der Waals surface area contributed by atoms with E-state index in [4.69, 9.17) is 4.74 Å². The lowest BCUT2D eigenvalue weighted by Gasteiger charge is -2.34. The summed E-state index contributed by atoms with van der Waals surface area (Å²) in [5.74, 6) is -5.13. The summed E-state index contributed by atoms with van der Waals surface area (Å²) >= 11 is 0. The van der Waals surface area contributed by atoms with Crippen molar-refractivity contribution in [2.75, 3.05) is 32.8 Å². The van der Waals surface area contributed by atoms with Gasteiger partial charge in [0, 0.05) is 5.56 Å². The number of benzene rings is 1. The average molecular weight is 530 g/mol. The quantitative estimate of drug-likeness (QED) is 0.362. The van der Waals surface area contributed by atoms with Gasteiger partial charge in [-0.15, -0.1) is 0 Å². The molecule has 202 valence electrons. The number of aromatic nitrogens is 1. The first-order valence-electron chi connectivity index (χ1n) is 12.2. The molecule has 2 aliphatic heterocycles. The largest absolute Gasteiger partial charge is 0.492 e. The number of halogens is 6. The molecule has 2 aromatic rings. The third-order valence-corrected chi connectivity index (χ3v) is 7.15. The maximum atomic E-state index is 14.8. The maximum absolute atomic E-state index is 14.8. The molecule has 0 aliphatic carbocycles. The number of carbonyl (C=O) groups is 1. The van der Waals surface area contributed by atoms with Crippen LogP contribution >= 0.6 is 0 Å². The van der Waals surface area contributed by atoms with Gasteiger partial charge in [0.15, 0.2) is 5.78 Å². The molecule has 1 unspecified atom stereocenters. The minimum Gasteiger partial charge on any atom is -0.492 e. The van der Waals surface area contributed by atoms with Gasteiger partial charge >= 0.3 is 12.1 Å². The number of hydrogen-bond donors (Lipinski definition) is 1. The van der Waals surface area contributed by atoms with Gasteiger partial charge in [-0.05, 0) is 82.4 Å². The molecule has 1 N–H and O–H groups in total. The predicted octanol–water partition coefficient (Wildman–Crippen LogP) is 5.50. The Morgan fingerprint density at radius 3 is 2.46 bits per heavy atom. The summed E-state index contributed by atoms with van der Waals surface area (Å²) in [5, 5.41) is 3.15. The zero-order valence-electron chi connectivity index (χ0n) is 20.4. The van der Waals surface area contributed by atoms with Gasteiger partial charge in [0.1, 0.15) is 11.6 Å². The van der Waals surface area contributed by atoms with E-state index in [1.165, 1.54) is 18.3 Å². The highest BCUT2D eigenvalue weighted by Crippen LogP contribution is 2.37. The lowest BCUT2D eigenvalue weighted by atomic mass is 9.89. The van der Waals surface area contributed by atoms with Crippen LogP contribution in [-0.2, 0) is 0 Å². The molecule has 5 nitrogen and oxygen atoms in total. The Morgan fingerprint density at radius 2 is 1.89 bits per heavy atom. The number of pyridine rings is 1. The van der Waals surface area contributed by atoms with E-state index >= 15 is 0 Å². The van der Waals surface area contributed by atoms with E-state index in [9.17, 15) is 31.1 Å². The molecule has 1 aromatic heterocycles. The van der Waals surface area contributed by atoms with Gasteiger partial charge in [-0.25, -0.2) is 4.39 Å². The molecule has 0 spiro atoms. The van der Waals surface area contributed by atoms with Gasteiger partial charge < -0.3 is 10.1 Å². The Balaban J connectivity index is 1.29. The molecular weight excluding hydrogens is 500 g/mol. The van der Waals surface area contributed by atoms with Crippen LogP contribution in [0.4, 0.5) is 26.3 Å². The fraction of sp³-hybridized carbons (Fsp3) is 0.538. The molecule has 2 aliphatic rings. The lowest BCUT2D eigenvalue weighted by Crippen LogP contribution is -2.49. The van der Waals surface area contributed by atoms with Crippen LogP contribution in [0.5, 0.6) is 5.75 Å². The molecular formula is C26H29F6N3O2. The number of rotatable bonds is 8. The number of hydrogen-bond acceptors (Lipinski definition) is 5. The van der Waals surface area contributed by atoms with Crippen molar-refractivity contribution in [3.63, 3.8) is 0 Å². The van der Waals surface area contributed by atoms with Crippen LogP contribution in [0.15, 0.2) is 36.5 Å². The molecule has 11 heteroatoms. The van der Waals surface area contributed by atoms with E-state index in [1.807, 2.05) is 0 Å². The highest BCUT2D eigenvalue weighted by molar-refractivity contribution is 6.03. The Labute approximate surface area is 211 Å². The third-order valence-electron chi connectivity index (χ3n) is 7.15. The summed E-state index contributed by atoms with van der Waals surface area (Å²) in [6.45, 7) is 1.72. The molecule has 1 aromatic carbocycles. The molecule has 0 bridgehead atoms. The summed E-state index contributed by atoms with van der Waals surface area (Å²) in [5.41, 5.74) is 0.279. The highest BCUT2D eigenvalue weighted by Gasteiger charge is 2.58. The minimum absolute atomic E-state index is 0.0193. The van der Waals surface area contributed by atoms with Crippen LogP contribution in [0.3, 0.4) is 0 Å². The number of nitrogens with zero attached hydrogens (tertiary/aromatic N) is 2. The fourth-order valence-corrected chi connectivity index (χ4v) is 4.78. The van der Waals surface area contributed by atoms with Crippen LogP contribution in [-0.4, -0.2) is 66.1 Å². The number of ether oxygens (including phenoxy) is 1. The lowest BCUT2D eigenvalue weighted by molar-refractivity contribution is -0.287. The normalized spacial score (nSPS) is 21.8. The third kappa shape index (κ3) is 6.26. The monoisotopic (exact) mass is 529 g/mol. The molecule has 0 amide bonds. The fourth-order valence-electron chi connectivity index (χ4n) is 4.78. The first kappa shape index (κ1) is 27.4. The Hall–Kier alpha value is -2.66. The van der Waals surface area contributed by atoms with E-state index in [-0.39, 0.29) is 37.0 Å². The second kappa shape index (κ2) is 10.6. The Morgan fingerprint density at radius 1 is 1.16 bits per heavy atom. The average Bonchev–Trinajstić information content (AvgIpc) is 3.30. The zero-order chi connectivity index (χ0) is 26.8. The van der Waals surface area contributed by atoms with E-state index in [0.29, 0.717) is 36.3 Å². The molecule has 4 rings (SSSR count). The number of nitrogens with one attached hydrogen (secondary N) is 1. The summed E-state index contributed by atoms with van der Waals surface area (Å²) in [6.07, 6.45) is -1.67. The van der Waals surface area contributed by atoms with E-state index in [0.717, 1.165) is 17.9 Å². The van der Waals surface area contributed by atoms with Crippen LogP contribution in [0.2, 0.25) is 0 Å². The van der Waals surface area contributed by atoms with Crippen molar-refractivity contribution in [3.8, 4) is 17.0 Å². The van der Waals surface area contributed by atoms with Gasteiger partial charge in [-0.3, -0.25) is 14.7 Å². The second-order valence-corrected chi connectivity index (χ2v) is 10.00. The number of carbonyl (C=O) groups excluding carboxylic acids is 1. The van der Waals surface area contributed by atoms with Crippen molar-refractivity contribution in [1.82, 2.24) is 15.2 Å². The number of likely N-dealkylation sites (tertiary alicyclic amines) is 1. The highest BCUT2D eigenvalue weighted by atomic mass is 19.4. The van der Waals surface area contributed by atoms with Crippen molar-refractivity contribution in [3.05, 3.63) is 47.9 Å². The van der Waals surface area contributed by atoms with Crippen LogP contribution in [0.25, 0.3) is 11.3 Å². The second-order valence-electron chi connectivity index (χ2n) is 10.00. The van der Waals surface area contributed by atoms with Gasteiger partial charge in [0.05, 0.1) is 36.1 Å². The molecule has 0 saturated carbocycles. The van der Waals surface area contributed by atoms with Crippen molar-refractivity contribution < 1.29 is 35.9 Å². The van der Waals surface area contributed by atoms with Crippen molar-refractivity contribution in [2.24, 2.45) is 5.92 Å². The summed E-state index contributed by atoms with van der Waals surface area (Å²) in [4.78, 5) is 18.2. The van der Waals surface area contributed by atoms with Crippen LogP contribution in [0, 0.1) is 11.7 Å². The molecule has 3 heterocycles. The summed E-state index contributed by atoms with van der Waals surface area (Å²) in [7, 11) is 0. The van der Waals surface area contributed by atoms with Gasteiger partial charge in [-0.2, -0.15) is 22.0 Å². The standard InChI is InChI=1S/C26H29F6N3O2/c1-24(9-2-10-34-24)23(36)20-5-3-18(13-21(20)27)22-6-4-19(14-33-22)37-15-17-7-11-35(12-8-17)16-25(28,29)26(30,31)32/h3-6,13-14,17,34H,2,7-12,15-16H2,1H3. The van der Waals surface area contributed by atoms with Crippen molar-refractivity contribution >= 4 is 5.78 Å². The van der Waals surface area contributed by atoms with Crippen LogP contribution in [0.1, 0.15) is 43.0 Å².